The number of nitro groups is 1. The molecule has 0 bridgehead atoms. The Bertz CT molecular complexity index is 644. The molecule has 2 aromatic carbocycles. The van der Waals surface area contributed by atoms with Crippen LogP contribution in [0.4, 0.5) is 10.1 Å². The van der Waals surface area contributed by atoms with E-state index in [0.717, 1.165) is 10.5 Å². The lowest BCUT2D eigenvalue weighted by Gasteiger charge is -2.06. The number of hydrogen-bond donors (Lipinski definition) is 1. The van der Waals surface area contributed by atoms with E-state index >= 15 is 0 Å². The van der Waals surface area contributed by atoms with Crippen LogP contribution in [0.15, 0.2) is 47.4 Å². The molecule has 1 unspecified atom stereocenters. The second-order valence-corrected chi connectivity index (χ2v) is 5.63. The van der Waals surface area contributed by atoms with E-state index in [1.165, 1.54) is 23.9 Å². The zero-order valence-corrected chi connectivity index (χ0v) is 12.1. The second kappa shape index (κ2) is 6.69. The van der Waals surface area contributed by atoms with Gasteiger partial charge in [0.05, 0.1) is 11.0 Å². The minimum atomic E-state index is -0.817. The first-order chi connectivity index (χ1) is 9.97. The Kier molecular flexibility index (Phi) is 4.93. The van der Waals surface area contributed by atoms with Crippen LogP contribution in [0.2, 0.25) is 0 Å². The van der Waals surface area contributed by atoms with Gasteiger partial charge in [-0.15, -0.1) is 11.8 Å². The molecule has 2 rings (SSSR count). The molecular formula is C15H14FNO3S. The van der Waals surface area contributed by atoms with Crippen LogP contribution in [0.5, 0.6) is 0 Å². The van der Waals surface area contributed by atoms with Crippen molar-refractivity contribution in [3.8, 4) is 0 Å². The third-order valence-electron chi connectivity index (χ3n) is 2.98. The molecule has 110 valence electrons. The summed E-state index contributed by atoms with van der Waals surface area (Å²) in [6, 6.07) is 11.4. The quantitative estimate of drug-likeness (QED) is 0.513. The highest BCUT2D eigenvalue weighted by atomic mass is 32.2. The molecule has 4 nitrogen and oxygen atoms in total. The summed E-state index contributed by atoms with van der Waals surface area (Å²) in [6.45, 7) is 1.70. The van der Waals surface area contributed by atoms with Gasteiger partial charge in [-0.1, -0.05) is 18.2 Å². The van der Waals surface area contributed by atoms with Gasteiger partial charge < -0.3 is 5.11 Å². The predicted molar refractivity (Wildman–Crippen MR) is 79.7 cm³/mol. The number of hydrogen-bond acceptors (Lipinski definition) is 4. The molecular weight excluding hydrogens is 293 g/mol. The summed E-state index contributed by atoms with van der Waals surface area (Å²) in [5.74, 6) is -0.300. The Morgan fingerprint density at radius 3 is 2.48 bits per heavy atom. The van der Waals surface area contributed by atoms with Gasteiger partial charge in [0, 0.05) is 16.7 Å². The number of thioether (sulfide) groups is 1. The Labute approximate surface area is 125 Å². The van der Waals surface area contributed by atoms with Gasteiger partial charge >= 0.3 is 5.69 Å². The van der Waals surface area contributed by atoms with Crippen molar-refractivity contribution >= 4 is 17.4 Å². The molecule has 6 heteroatoms. The zero-order valence-electron chi connectivity index (χ0n) is 11.3. The molecule has 1 atom stereocenters. The van der Waals surface area contributed by atoms with Crippen LogP contribution in [0.1, 0.15) is 24.2 Å². The average molecular weight is 307 g/mol. The summed E-state index contributed by atoms with van der Waals surface area (Å²) in [7, 11) is 0. The van der Waals surface area contributed by atoms with E-state index in [1.807, 2.05) is 24.3 Å². The fourth-order valence-electron chi connectivity index (χ4n) is 1.80. The summed E-state index contributed by atoms with van der Waals surface area (Å²) < 4.78 is 13.5. The van der Waals surface area contributed by atoms with Crippen LogP contribution in [0.25, 0.3) is 0 Å². The smallest absolute Gasteiger partial charge is 0.304 e. The monoisotopic (exact) mass is 307 g/mol. The predicted octanol–water partition coefficient (Wildman–Crippen LogP) is 4.08. The summed E-state index contributed by atoms with van der Waals surface area (Å²) in [6.07, 6.45) is -0.507. The molecule has 0 fully saturated rings. The van der Waals surface area contributed by atoms with Crippen molar-refractivity contribution in [1.29, 1.82) is 0 Å². The van der Waals surface area contributed by atoms with Gasteiger partial charge in [0.25, 0.3) is 0 Å². The van der Waals surface area contributed by atoms with Crippen molar-refractivity contribution < 1.29 is 14.4 Å². The lowest BCUT2D eigenvalue weighted by molar-refractivity contribution is -0.387. The van der Waals surface area contributed by atoms with E-state index < -0.39 is 22.5 Å². The topological polar surface area (TPSA) is 63.4 Å². The standard InChI is InChI=1S/C15H14FNO3S/c1-10(18)12-3-5-13(6-4-12)21-9-11-2-7-15(17(19)20)14(16)8-11/h2-8,10,18H,9H2,1H3. The van der Waals surface area contributed by atoms with Gasteiger partial charge in [-0.2, -0.15) is 4.39 Å². The molecule has 0 aromatic heterocycles. The first kappa shape index (κ1) is 15.5. The van der Waals surface area contributed by atoms with E-state index in [0.29, 0.717) is 11.3 Å². The third-order valence-corrected chi connectivity index (χ3v) is 4.06. The lowest BCUT2D eigenvalue weighted by Crippen LogP contribution is -1.93. The van der Waals surface area contributed by atoms with Crippen molar-refractivity contribution in [2.45, 2.75) is 23.7 Å². The van der Waals surface area contributed by atoms with Crippen LogP contribution < -0.4 is 0 Å². The highest BCUT2D eigenvalue weighted by Gasteiger charge is 2.13. The highest BCUT2D eigenvalue weighted by Crippen LogP contribution is 2.26. The molecule has 0 spiro atoms. The van der Waals surface area contributed by atoms with E-state index in [1.54, 1.807) is 13.0 Å². The van der Waals surface area contributed by atoms with Crippen LogP contribution in [-0.2, 0) is 5.75 Å². The Morgan fingerprint density at radius 2 is 1.95 bits per heavy atom. The number of nitro benzene ring substituents is 1. The molecule has 1 N–H and O–H groups in total. The second-order valence-electron chi connectivity index (χ2n) is 4.58. The van der Waals surface area contributed by atoms with Gasteiger partial charge in [-0.05, 0) is 36.2 Å². The summed E-state index contributed by atoms with van der Waals surface area (Å²) in [4.78, 5) is 10.8. The summed E-state index contributed by atoms with van der Waals surface area (Å²) in [5.41, 5.74) is 1.01. The maximum absolute atomic E-state index is 13.5. The Morgan fingerprint density at radius 1 is 1.29 bits per heavy atom. The number of nitrogens with zero attached hydrogens (tertiary/aromatic N) is 1. The first-order valence-electron chi connectivity index (χ1n) is 6.31. The number of aliphatic hydroxyl groups excluding tert-OH is 1. The highest BCUT2D eigenvalue weighted by molar-refractivity contribution is 7.98. The fraction of sp³-hybridized carbons (Fsp3) is 0.200. The third kappa shape index (κ3) is 4.03. The first-order valence-corrected chi connectivity index (χ1v) is 7.29. The van der Waals surface area contributed by atoms with Crippen LogP contribution in [0, 0.1) is 15.9 Å². The number of aliphatic hydroxyl groups is 1. The number of rotatable bonds is 5. The molecule has 0 aliphatic heterocycles. The summed E-state index contributed by atoms with van der Waals surface area (Å²) >= 11 is 1.50. The molecule has 0 saturated heterocycles. The molecule has 0 saturated carbocycles. The molecule has 0 heterocycles. The molecule has 21 heavy (non-hydrogen) atoms. The lowest BCUT2D eigenvalue weighted by atomic mass is 10.1. The van der Waals surface area contributed by atoms with Crippen molar-refractivity contribution in [2.75, 3.05) is 0 Å². The molecule has 0 radical (unpaired) electrons. The zero-order chi connectivity index (χ0) is 15.4. The van der Waals surface area contributed by atoms with Gasteiger partial charge in [0.2, 0.25) is 5.82 Å². The largest absolute Gasteiger partial charge is 0.389 e. The molecule has 0 aliphatic carbocycles. The van der Waals surface area contributed by atoms with Gasteiger partial charge in [0.1, 0.15) is 0 Å². The minimum absolute atomic E-state index is 0.507. The van der Waals surface area contributed by atoms with Crippen LogP contribution in [-0.4, -0.2) is 10.0 Å². The maximum Gasteiger partial charge on any atom is 0.304 e. The van der Waals surface area contributed by atoms with Crippen molar-refractivity contribution in [1.82, 2.24) is 0 Å². The van der Waals surface area contributed by atoms with Gasteiger partial charge in [-0.25, -0.2) is 0 Å². The van der Waals surface area contributed by atoms with Gasteiger partial charge in [-0.3, -0.25) is 10.1 Å². The van der Waals surface area contributed by atoms with Crippen molar-refractivity contribution in [2.24, 2.45) is 0 Å². The van der Waals surface area contributed by atoms with Crippen LogP contribution in [0.3, 0.4) is 0 Å². The Hall–Kier alpha value is -1.92. The number of benzene rings is 2. The Balaban J connectivity index is 2.03. The van der Waals surface area contributed by atoms with E-state index in [9.17, 15) is 19.6 Å². The van der Waals surface area contributed by atoms with E-state index in [2.05, 4.69) is 0 Å². The fourth-order valence-corrected chi connectivity index (χ4v) is 2.64. The minimum Gasteiger partial charge on any atom is -0.389 e. The van der Waals surface area contributed by atoms with Crippen molar-refractivity contribution in [3.63, 3.8) is 0 Å². The normalized spacial score (nSPS) is 12.1. The van der Waals surface area contributed by atoms with Gasteiger partial charge in [0.15, 0.2) is 0 Å². The number of halogens is 1. The average Bonchev–Trinajstić information content (AvgIpc) is 2.45. The molecule has 0 amide bonds. The SMILES string of the molecule is CC(O)c1ccc(SCc2ccc([N+](=O)[O-])c(F)c2)cc1. The van der Waals surface area contributed by atoms with E-state index in [-0.39, 0.29) is 0 Å². The van der Waals surface area contributed by atoms with Crippen LogP contribution >= 0.6 is 11.8 Å². The summed E-state index contributed by atoms with van der Waals surface area (Å²) in [5, 5.41) is 20.0. The molecule has 0 aliphatic rings. The maximum atomic E-state index is 13.5. The molecule has 2 aromatic rings. The van der Waals surface area contributed by atoms with Crippen molar-refractivity contribution in [3.05, 3.63) is 69.5 Å². The van der Waals surface area contributed by atoms with E-state index in [4.69, 9.17) is 0 Å².